The molecule has 1 amide bonds. The molecule has 0 aliphatic rings. The second-order valence-electron chi connectivity index (χ2n) is 18.6. The van der Waals surface area contributed by atoms with Gasteiger partial charge in [-0.15, -0.1) is 0 Å². The average Bonchev–Trinajstić information content (AvgIpc) is 3.26. The lowest BCUT2D eigenvalue weighted by Gasteiger charge is -2.20. The van der Waals surface area contributed by atoms with Gasteiger partial charge in [0.2, 0.25) is 5.91 Å². The number of amides is 1. The molecule has 2 unspecified atom stereocenters. The van der Waals surface area contributed by atoms with Gasteiger partial charge in [0.05, 0.1) is 25.4 Å². The molecule has 360 valence electrons. The van der Waals surface area contributed by atoms with Crippen molar-refractivity contribution in [1.29, 1.82) is 0 Å². The summed E-state index contributed by atoms with van der Waals surface area (Å²) in [5, 5.41) is 22.9. The fourth-order valence-corrected chi connectivity index (χ4v) is 8.27. The summed E-state index contributed by atoms with van der Waals surface area (Å²) in [5.41, 5.74) is 0. The maximum atomic E-state index is 12.4. The van der Waals surface area contributed by atoms with Crippen molar-refractivity contribution in [2.75, 3.05) is 13.2 Å². The Balaban J connectivity index is 3.44. The molecule has 0 saturated heterocycles. The summed E-state index contributed by atoms with van der Waals surface area (Å²) in [6, 6.07) is -0.637. The maximum Gasteiger partial charge on any atom is 0.305 e. The van der Waals surface area contributed by atoms with Gasteiger partial charge < -0.3 is 20.3 Å². The molecule has 0 heterocycles. The topological polar surface area (TPSA) is 95.9 Å². The summed E-state index contributed by atoms with van der Waals surface area (Å²) in [7, 11) is 0. The number of ether oxygens (including phenoxy) is 1. The standard InChI is InChI=1S/C55H105NO5/c1-3-5-7-9-11-13-15-16-17-18-19-20-23-26-29-33-37-41-45-49-55(60)61-50-46-42-38-34-30-27-24-21-22-25-28-32-36-40-44-48-54(59)56-52(51-57)53(58)47-43-39-35-31-14-12-10-8-6-4-2/h24,27,43,47,52-53,57-58H,3-23,25-26,28-42,44-46,48-51H2,1-2H3,(H,56,59)/b27-24-,47-43+. The number of allylic oxidation sites excluding steroid dienone is 3. The van der Waals surface area contributed by atoms with E-state index in [1.165, 1.54) is 193 Å². The van der Waals surface area contributed by atoms with E-state index in [-0.39, 0.29) is 18.5 Å². The first kappa shape index (κ1) is 59.3. The van der Waals surface area contributed by atoms with Crippen LogP contribution in [0.2, 0.25) is 0 Å². The van der Waals surface area contributed by atoms with Crippen LogP contribution in [0.15, 0.2) is 24.3 Å². The van der Waals surface area contributed by atoms with Gasteiger partial charge in [0.25, 0.3) is 0 Å². The zero-order valence-corrected chi connectivity index (χ0v) is 40.9. The fourth-order valence-electron chi connectivity index (χ4n) is 8.27. The fraction of sp³-hybridized carbons (Fsp3) is 0.891. The smallest absolute Gasteiger partial charge is 0.305 e. The van der Waals surface area contributed by atoms with Gasteiger partial charge in [0.1, 0.15) is 0 Å². The van der Waals surface area contributed by atoms with Crippen LogP contribution in [0.3, 0.4) is 0 Å². The molecule has 0 aliphatic carbocycles. The Bertz CT molecular complexity index is 951. The molecular formula is C55H105NO5. The van der Waals surface area contributed by atoms with Crippen molar-refractivity contribution >= 4 is 11.9 Å². The van der Waals surface area contributed by atoms with Gasteiger partial charge in [0.15, 0.2) is 0 Å². The number of unbranched alkanes of at least 4 members (excludes halogenated alkanes) is 37. The number of rotatable bonds is 50. The molecule has 0 spiro atoms. The minimum atomic E-state index is -0.852. The molecule has 0 radical (unpaired) electrons. The highest BCUT2D eigenvalue weighted by atomic mass is 16.5. The normalized spacial score (nSPS) is 12.8. The third kappa shape index (κ3) is 47.7. The van der Waals surface area contributed by atoms with E-state index in [1.54, 1.807) is 6.08 Å². The lowest BCUT2D eigenvalue weighted by molar-refractivity contribution is -0.143. The predicted molar refractivity (Wildman–Crippen MR) is 264 cm³/mol. The Morgan fingerprint density at radius 3 is 1.16 bits per heavy atom. The third-order valence-electron chi connectivity index (χ3n) is 12.5. The first-order chi connectivity index (χ1) is 30.0. The van der Waals surface area contributed by atoms with E-state index < -0.39 is 12.1 Å². The molecule has 2 atom stereocenters. The molecule has 0 aromatic carbocycles. The van der Waals surface area contributed by atoms with Crippen molar-refractivity contribution in [2.45, 2.75) is 302 Å². The summed E-state index contributed by atoms with van der Waals surface area (Å²) in [5.74, 6) is -0.0918. The van der Waals surface area contributed by atoms with Gasteiger partial charge >= 0.3 is 5.97 Å². The predicted octanol–water partition coefficient (Wildman–Crippen LogP) is 16.3. The van der Waals surface area contributed by atoms with Crippen molar-refractivity contribution in [3.8, 4) is 0 Å². The molecule has 0 saturated carbocycles. The second kappa shape index (κ2) is 51.0. The SMILES string of the molecule is CCCCCCCCCC/C=C/C(O)C(CO)NC(=O)CCCCCCCCC/C=C\CCCCCCOC(=O)CCCCCCCCCCCCCCCCCCCCC. The van der Waals surface area contributed by atoms with E-state index in [9.17, 15) is 19.8 Å². The van der Waals surface area contributed by atoms with Crippen molar-refractivity contribution in [3.05, 3.63) is 24.3 Å². The van der Waals surface area contributed by atoms with Crippen LogP contribution in [0.5, 0.6) is 0 Å². The van der Waals surface area contributed by atoms with Crippen LogP contribution in [0.4, 0.5) is 0 Å². The number of esters is 1. The zero-order valence-electron chi connectivity index (χ0n) is 40.9. The molecule has 6 heteroatoms. The quantitative estimate of drug-likeness (QED) is 0.0322. The van der Waals surface area contributed by atoms with Gasteiger partial charge in [-0.1, -0.05) is 244 Å². The van der Waals surface area contributed by atoms with E-state index in [1.807, 2.05) is 6.08 Å². The number of aliphatic hydroxyl groups is 2. The number of carbonyl (C=O) groups is 2. The van der Waals surface area contributed by atoms with Crippen molar-refractivity contribution in [2.24, 2.45) is 0 Å². The Labute approximate surface area is 380 Å². The zero-order chi connectivity index (χ0) is 44.4. The summed E-state index contributed by atoms with van der Waals surface area (Å²) in [6.07, 6.45) is 60.5. The minimum Gasteiger partial charge on any atom is -0.466 e. The maximum absolute atomic E-state index is 12.4. The number of aliphatic hydroxyl groups excluding tert-OH is 2. The van der Waals surface area contributed by atoms with Crippen LogP contribution < -0.4 is 5.32 Å². The molecule has 6 nitrogen and oxygen atoms in total. The van der Waals surface area contributed by atoms with E-state index in [0.29, 0.717) is 19.4 Å². The van der Waals surface area contributed by atoms with Crippen LogP contribution in [0.1, 0.15) is 290 Å². The molecule has 3 N–H and O–H groups in total. The highest BCUT2D eigenvalue weighted by molar-refractivity contribution is 5.76. The van der Waals surface area contributed by atoms with Gasteiger partial charge in [0, 0.05) is 12.8 Å². The van der Waals surface area contributed by atoms with E-state index in [2.05, 4.69) is 31.3 Å². The molecule has 0 fully saturated rings. The number of nitrogens with one attached hydrogen (secondary N) is 1. The molecular weight excluding hydrogens is 755 g/mol. The van der Waals surface area contributed by atoms with E-state index in [0.717, 1.165) is 70.6 Å². The summed E-state index contributed by atoms with van der Waals surface area (Å²) in [6.45, 7) is 4.86. The summed E-state index contributed by atoms with van der Waals surface area (Å²) >= 11 is 0. The van der Waals surface area contributed by atoms with Crippen LogP contribution in [-0.4, -0.2) is 47.4 Å². The molecule has 0 aliphatic heterocycles. The highest BCUT2D eigenvalue weighted by Gasteiger charge is 2.18. The summed E-state index contributed by atoms with van der Waals surface area (Å²) in [4.78, 5) is 24.4. The first-order valence-corrected chi connectivity index (χ1v) is 27.1. The number of hydrogen-bond donors (Lipinski definition) is 3. The van der Waals surface area contributed by atoms with Crippen LogP contribution in [0.25, 0.3) is 0 Å². The lowest BCUT2D eigenvalue weighted by atomic mass is 10.0. The highest BCUT2D eigenvalue weighted by Crippen LogP contribution is 2.16. The Hall–Kier alpha value is -1.66. The Kier molecular flexibility index (Phi) is 49.6. The van der Waals surface area contributed by atoms with Crippen molar-refractivity contribution in [1.82, 2.24) is 5.32 Å². The van der Waals surface area contributed by atoms with Crippen LogP contribution >= 0.6 is 0 Å². The monoisotopic (exact) mass is 860 g/mol. The third-order valence-corrected chi connectivity index (χ3v) is 12.5. The van der Waals surface area contributed by atoms with Gasteiger partial charge in [-0.25, -0.2) is 0 Å². The number of carbonyl (C=O) groups excluding carboxylic acids is 2. The Morgan fingerprint density at radius 2 is 0.770 bits per heavy atom. The Morgan fingerprint density at radius 1 is 0.443 bits per heavy atom. The summed E-state index contributed by atoms with van der Waals surface area (Å²) < 4.78 is 5.47. The molecule has 0 aromatic heterocycles. The van der Waals surface area contributed by atoms with Crippen molar-refractivity contribution in [3.63, 3.8) is 0 Å². The molecule has 0 bridgehead atoms. The van der Waals surface area contributed by atoms with E-state index in [4.69, 9.17) is 4.74 Å². The van der Waals surface area contributed by atoms with E-state index >= 15 is 0 Å². The minimum absolute atomic E-state index is 0.00692. The molecule has 0 aromatic rings. The first-order valence-electron chi connectivity index (χ1n) is 27.1. The number of hydrogen-bond acceptors (Lipinski definition) is 5. The second-order valence-corrected chi connectivity index (χ2v) is 18.6. The van der Waals surface area contributed by atoms with Gasteiger partial charge in [-0.3, -0.25) is 9.59 Å². The van der Waals surface area contributed by atoms with Crippen LogP contribution in [0, 0.1) is 0 Å². The van der Waals surface area contributed by atoms with Gasteiger partial charge in [-0.05, 0) is 57.8 Å². The average molecular weight is 860 g/mol. The molecule has 61 heavy (non-hydrogen) atoms. The largest absolute Gasteiger partial charge is 0.466 e. The molecule has 0 rings (SSSR count). The van der Waals surface area contributed by atoms with Crippen molar-refractivity contribution < 1.29 is 24.5 Å². The van der Waals surface area contributed by atoms with Crippen LogP contribution in [-0.2, 0) is 14.3 Å². The van der Waals surface area contributed by atoms with Gasteiger partial charge in [-0.2, -0.15) is 0 Å². The lowest BCUT2D eigenvalue weighted by Crippen LogP contribution is -2.45.